The Labute approximate surface area is 205 Å². The second-order valence-corrected chi connectivity index (χ2v) is 10.6. The number of rotatable bonds is 7. The Bertz CT molecular complexity index is 995. The van der Waals surface area contributed by atoms with E-state index in [0.29, 0.717) is 25.2 Å². The lowest BCUT2D eigenvalue weighted by atomic mass is 9.96. The highest BCUT2D eigenvalue weighted by atomic mass is 19.1. The second kappa shape index (κ2) is 10.4. The van der Waals surface area contributed by atoms with E-state index < -0.39 is 17.5 Å². The van der Waals surface area contributed by atoms with Crippen LogP contribution >= 0.6 is 0 Å². The van der Waals surface area contributed by atoms with E-state index >= 15 is 0 Å². The number of hydrogen-bond donors (Lipinski definition) is 1. The molecule has 0 radical (unpaired) electrons. The number of hydrogen-bond acceptors (Lipinski definition) is 6. The van der Waals surface area contributed by atoms with Crippen molar-refractivity contribution < 1.29 is 18.3 Å². The van der Waals surface area contributed by atoms with Gasteiger partial charge in [0.25, 0.3) is 0 Å². The van der Waals surface area contributed by atoms with Gasteiger partial charge in [-0.3, -0.25) is 4.90 Å². The zero-order chi connectivity index (χ0) is 25.2. The first-order valence-electron chi connectivity index (χ1n) is 12.4. The summed E-state index contributed by atoms with van der Waals surface area (Å²) in [6.45, 7) is 10.5. The Kier molecular flexibility index (Phi) is 7.54. The number of nitrogens with zero attached hydrogens (tertiary/aromatic N) is 4. The highest BCUT2D eigenvalue weighted by Gasteiger charge is 2.33. The topological polar surface area (TPSA) is 70.6 Å². The molecule has 1 saturated carbocycles. The Morgan fingerprint density at radius 1 is 1.06 bits per heavy atom. The van der Waals surface area contributed by atoms with Crippen LogP contribution in [0.4, 0.5) is 19.5 Å². The van der Waals surface area contributed by atoms with Crippen LogP contribution in [0.25, 0.3) is 0 Å². The molecule has 2 heterocycles. The molecule has 1 aromatic heterocycles. The van der Waals surface area contributed by atoms with Crippen molar-refractivity contribution in [3.05, 3.63) is 53.4 Å². The van der Waals surface area contributed by atoms with Crippen molar-refractivity contribution in [2.45, 2.75) is 64.6 Å². The molecule has 7 nitrogen and oxygen atoms in total. The summed E-state index contributed by atoms with van der Waals surface area (Å²) < 4.78 is 32.3. The van der Waals surface area contributed by atoms with Gasteiger partial charge in [0.15, 0.2) is 0 Å². The zero-order valence-electron chi connectivity index (χ0n) is 20.9. The Morgan fingerprint density at radius 3 is 2.17 bits per heavy atom. The summed E-state index contributed by atoms with van der Waals surface area (Å²) >= 11 is 0. The molecule has 4 rings (SSSR count). The lowest BCUT2D eigenvalue weighted by Gasteiger charge is -2.40. The molecule has 1 aliphatic carbocycles. The number of halogens is 2. The number of nitrogens with one attached hydrogen (secondary N) is 1. The fourth-order valence-electron chi connectivity index (χ4n) is 4.45. The second-order valence-electron chi connectivity index (χ2n) is 10.6. The van der Waals surface area contributed by atoms with Crippen LogP contribution in [0.1, 0.15) is 70.2 Å². The van der Waals surface area contributed by atoms with E-state index in [4.69, 9.17) is 4.74 Å². The van der Waals surface area contributed by atoms with E-state index in [0.717, 1.165) is 31.0 Å². The van der Waals surface area contributed by atoms with Gasteiger partial charge in [-0.25, -0.2) is 4.79 Å². The number of piperazine rings is 1. The van der Waals surface area contributed by atoms with Crippen LogP contribution in [0.15, 0.2) is 30.3 Å². The fraction of sp³-hybridized carbons (Fsp3) is 0.577. The van der Waals surface area contributed by atoms with Crippen LogP contribution in [-0.2, 0) is 4.74 Å². The van der Waals surface area contributed by atoms with Crippen molar-refractivity contribution in [3.63, 3.8) is 0 Å². The molecule has 2 fully saturated rings. The maximum atomic E-state index is 13.4. The van der Waals surface area contributed by atoms with Gasteiger partial charge >= 0.3 is 6.09 Å². The van der Waals surface area contributed by atoms with Crippen molar-refractivity contribution >= 4 is 12.0 Å². The molecule has 190 valence electrons. The Hall–Kier alpha value is -2.81. The molecule has 35 heavy (non-hydrogen) atoms. The Balaban J connectivity index is 1.40. The van der Waals surface area contributed by atoms with Crippen LogP contribution in [0.2, 0.25) is 0 Å². The number of benzene rings is 1. The molecule has 9 heteroatoms. The standard InChI is InChI=1S/C26H35F2N5O2/c1-17(29-24-30-22(27)16-23(28)31-24)19-7-9-20(10-8-19)21(15-18-5-6-18)32-11-13-33(14-12-32)25(34)35-26(2,3)4/h7-10,16-18,21H,5-6,11-15H2,1-4H3,(H,29,30,31). The molecule has 0 spiro atoms. The van der Waals surface area contributed by atoms with Crippen LogP contribution in [0.5, 0.6) is 0 Å². The summed E-state index contributed by atoms with van der Waals surface area (Å²) in [4.78, 5) is 23.9. The summed E-state index contributed by atoms with van der Waals surface area (Å²) in [7, 11) is 0. The number of amides is 1. The molecule has 2 aromatic rings. The molecule has 0 bridgehead atoms. The van der Waals surface area contributed by atoms with Gasteiger partial charge in [-0.05, 0) is 51.2 Å². The number of carbonyl (C=O) groups is 1. The molecular weight excluding hydrogens is 452 g/mol. The van der Waals surface area contributed by atoms with Gasteiger partial charge in [-0.15, -0.1) is 0 Å². The van der Waals surface area contributed by atoms with Gasteiger partial charge in [0, 0.05) is 38.3 Å². The zero-order valence-corrected chi connectivity index (χ0v) is 20.9. The SMILES string of the molecule is CC(Nc1nc(F)cc(F)n1)c1ccc(C(CC2CC2)N2CCN(C(=O)OC(C)(C)C)CC2)cc1. The number of anilines is 1. The smallest absolute Gasteiger partial charge is 0.410 e. The minimum Gasteiger partial charge on any atom is -0.444 e. The minimum atomic E-state index is -0.905. The molecule has 1 amide bonds. The first-order valence-corrected chi connectivity index (χ1v) is 12.4. The van der Waals surface area contributed by atoms with Crippen molar-refractivity contribution in [1.82, 2.24) is 19.8 Å². The van der Waals surface area contributed by atoms with Gasteiger partial charge in [-0.2, -0.15) is 18.7 Å². The van der Waals surface area contributed by atoms with Gasteiger partial charge in [-0.1, -0.05) is 37.1 Å². The van der Waals surface area contributed by atoms with E-state index in [1.165, 1.54) is 18.4 Å². The van der Waals surface area contributed by atoms with Gasteiger partial charge in [0.1, 0.15) is 5.60 Å². The average molecular weight is 488 g/mol. The van der Waals surface area contributed by atoms with E-state index in [-0.39, 0.29) is 18.1 Å². The summed E-state index contributed by atoms with van der Waals surface area (Å²) in [6, 6.07) is 9.07. The molecule has 2 unspecified atom stereocenters. The summed E-state index contributed by atoms with van der Waals surface area (Å²) in [5, 5.41) is 2.96. The number of aromatic nitrogens is 2. The molecule has 1 aliphatic heterocycles. The molecule has 1 aromatic carbocycles. The van der Waals surface area contributed by atoms with Crippen molar-refractivity contribution in [1.29, 1.82) is 0 Å². The van der Waals surface area contributed by atoms with Crippen LogP contribution in [-0.4, -0.2) is 57.6 Å². The lowest BCUT2D eigenvalue weighted by Crippen LogP contribution is -2.50. The highest BCUT2D eigenvalue weighted by Crippen LogP contribution is 2.40. The van der Waals surface area contributed by atoms with E-state index in [1.807, 2.05) is 39.8 Å². The van der Waals surface area contributed by atoms with Gasteiger partial charge in [0.2, 0.25) is 17.8 Å². The van der Waals surface area contributed by atoms with Crippen molar-refractivity contribution in [2.24, 2.45) is 5.92 Å². The monoisotopic (exact) mass is 487 g/mol. The van der Waals surface area contributed by atoms with E-state index in [1.54, 1.807) is 4.90 Å². The van der Waals surface area contributed by atoms with Crippen LogP contribution < -0.4 is 5.32 Å². The maximum absolute atomic E-state index is 13.4. The fourth-order valence-corrected chi connectivity index (χ4v) is 4.45. The van der Waals surface area contributed by atoms with E-state index in [9.17, 15) is 13.6 Å². The predicted octanol–water partition coefficient (Wildman–Crippen LogP) is 5.32. The van der Waals surface area contributed by atoms with Crippen LogP contribution in [0.3, 0.4) is 0 Å². The van der Waals surface area contributed by atoms with Gasteiger partial charge in [0.05, 0.1) is 6.04 Å². The number of ether oxygens (including phenoxy) is 1. The third-order valence-corrected chi connectivity index (χ3v) is 6.49. The third-order valence-electron chi connectivity index (χ3n) is 6.49. The summed E-state index contributed by atoms with van der Waals surface area (Å²) in [5.74, 6) is -1.13. The molecule has 1 saturated heterocycles. The first-order chi connectivity index (χ1) is 16.6. The lowest BCUT2D eigenvalue weighted by molar-refractivity contribution is 0.00941. The normalized spacial score (nSPS) is 18.7. The first kappa shape index (κ1) is 25.3. The average Bonchev–Trinajstić information content (AvgIpc) is 3.60. The molecule has 1 N–H and O–H groups in total. The third kappa shape index (κ3) is 7.10. The summed E-state index contributed by atoms with van der Waals surface area (Å²) in [6.07, 6.45) is 3.41. The largest absolute Gasteiger partial charge is 0.444 e. The number of carbonyl (C=O) groups excluding carboxylic acids is 1. The molecule has 2 aliphatic rings. The molecular formula is C26H35F2N5O2. The highest BCUT2D eigenvalue weighted by molar-refractivity contribution is 5.68. The Morgan fingerprint density at radius 2 is 1.63 bits per heavy atom. The van der Waals surface area contributed by atoms with Gasteiger partial charge < -0.3 is 15.0 Å². The van der Waals surface area contributed by atoms with Crippen molar-refractivity contribution in [3.8, 4) is 0 Å². The van der Waals surface area contributed by atoms with E-state index in [2.05, 4.69) is 32.3 Å². The van der Waals surface area contributed by atoms with Crippen molar-refractivity contribution in [2.75, 3.05) is 31.5 Å². The predicted molar refractivity (Wildman–Crippen MR) is 130 cm³/mol. The molecule has 2 atom stereocenters. The maximum Gasteiger partial charge on any atom is 0.410 e. The summed E-state index contributed by atoms with van der Waals surface area (Å²) in [5.41, 5.74) is 1.72. The van der Waals surface area contributed by atoms with Crippen LogP contribution in [0, 0.1) is 17.8 Å². The minimum absolute atomic E-state index is 0.0754. The quantitative estimate of drug-likeness (QED) is 0.533.